The van der Waals surface area contributed by atoms with Crippen molar-refractivity contribution in [2.24, 2.45) is 4.99 Å². The molecule has 0 amide bonds. The minimum atomic E-state index is -4.41. The molecule has 0 radical (unpaired) electrons. The summed E-state index contributed by atoms with van der Waals surface area (Å²) in [5, 5.41) is 3.12. The molecule has 1 aromatic rings. The Bertz CT molecular complexity index is 777. The van der Waals surface area contributed by atoms with Gasteiger partial charge in [0.1, 0.15) is 0 Å². The second kappa shape index (κ2) is 7.91. The van der Waals surface area contributed by atoms with Crippen molar-refractivity contribution in [2.45, 2.75) is 31.3 Å². The van der Waals surface area contributed by atoms with E-state index in [9.17, 15) is 21.6 Å². The van der Waals surface area contributed by atoms with E-state index in [0.717, 1.165) is 5.56 Å². The SMILES string of the molecule is CN=C(NCc1ccc(OCC(F)(F)F)nc1)N1CCS(=O)(=O)C(C)(C)C1. The lowest BCUT2D eigenvalue weighted by atomic mass is 10.2. The number of aromatic nitrogens is 1. The Morgan fingerprint density at radius 1 is 1.41 bits per heavy atom. The van der Waals surface area contributed by atoms with Crippen molar-refractivity contribution in [1.82, 2.24) is 15.2 Å². The zero-order valence-electron chi connectivity index (χ0n) is 15.4. The van der Waals surface area contributed by atoms with Gasteiger partial charge in [-0.15, -0.1) is 0 Å². The molecule has 0 saturated carbocycles. The number of pyridine rings is 1. The monoisotopic (exact) mass is 408 g/mol. The number of sulfone groups is 1. The van der Waals surface area contributed by atoms with Crippen LogP contribution in [0, 0.1) is 0 Å². The number of guanidine groups is 1. The first kappa shape index (κ1) is 21.3. The van der Waals surface area contributed by atoms with E-state index in [1.165, 1.54) is 12.3 Å². The highest BCUT2D eigenvalue weighted by Crippen LogP contribution is 2.23. The number of halogens is 3. The highest BCUT2D eigenvalue weighted by Gasteiger charge is 2.40. The molecule has 1 N–H and O–H groups in total. The van der Waals surface area contributed by atoms with Gasteiger partial charge in [-0.05, 0) is 19.4 Å². The minimum absolute atomic E-state index is 0.0491. The summed E-state index contributed by atoms with van der Waals surface area (Å²) in [6.45, 7) is 2.98. The van der Waals surface area contributed by atoms with Crippen LogP contribution in [-0.4, -0.2) is 67.7 Å². The van der Waals surface area contributed by atoms with Crippen molar-refractivity contribution in [3.63, 3.8) is 0 Å². The van der Waals surface area contributed by atoms with Crippen LogP contribution in [0.15, 0.2) is 23.3 Å². The van der Waals surface area contributed by atoms with Crippen molar-refractivity contribution < 1.29 is 26.3 Å². The van der Waals surface area contributed by atoms with Gasteiger partial charge in [-0.3, -0.25) is 4.99 Å². The Balaban J connectivity index is 1.93. The van der Waals surface area contributed by atoms with E-state index >= 15 is 0 Å². The highest BCUT2D eigenvalue weighted by molar-refractivity contribution is 7.92. The van der Waals surface area contributed by atoms with E-state index in [0.29, 0.717) is 25.6 Å². The molecule has 0 aliphatic carbocycles. The van der Waals surface area contributed by atoms with Gasteiger partial charge in [0.25, 0.3) is 0 Å². The second-order valence-corrected chi connectivity index (χ2v) is 9.55. The molecule has 2 heterocycles. The first-order valence-electron chi connectivity index (χ1n) is 8.26. The van der Waals surface area contributed by atoms with Crippen molar-refractivity contribution in [1.29, 1.82) is 0 Å². The fourth-order valence-electron chi connectivity index (χ4n) is 2.59. The first-order chi connectivity index (χ1) is 12.4. The smallest absolute Gasteiger partial charge is 0.422 e. The van der Waals surface area contributed by atoms with Crippen LogP contribution < -0.4 is 10.1 Å². The van der Waals surface area contributed by atoms with Gasteiger partial charge < -0.3 is 15.0 Å². The van der Waals surface area contributed by atoms with Crippen LogP contribution in [0.2, 0.25) is 0 Å². The van der Waals surface area contributed by atoms with Gasteiger partial charge in [0.05, 0.1) is 10.5 Å². The molecule has 2 rings (SSSR count). The Morgan fingerprint density at radius 2 is 2.11 bits per heavy atom. The van der Waals surface area contributed by atoms with E-state index in [1.807, 2.05) is 4.90 Å². The summed E-state index contributed by atoms with van der Waals surface area (Å²) in [5.41, 5.74) is 0.722. The molecule has 0 aromatic carbocycles. The van der Waals surface area contributed by atoms with Crippen LogP contribution in [0.4, 0.5) is 13.2 Å². The third kappa shape index (κ3) is 5.72. The maximum Gasteiger partial charge on any atom is 0.422 e. The Hall–Kier alpha value is -2.04. The van der Waals surface area contributed by atoms with Gasteiger partial charge >= 0.3 is 6.18 Å². The van der Waals surface area contributed by atoms with E-state index < -0.39 is 27.4 Å². The summed E-state index contributed by atoms with van der Waals surface area (Å²) in [6, 6.07) is 2.96. The molecule has 0 unspecified atom stereocenters. The number of alkyl halides is 3. The number of aliphatic imine (C=N–C) groups is 1. The molecule has 1 aromatic heterocycles. The predicted molar refractivity (Wildman–Crippen MR) is 95.4 cm³/mol. The number of nitrogens with one attached hydrogen (secondary N) is 1. The Kier molecular flexibility index (Phi) is 6.23. The van der Waals surface area contributed by atoms with Crippen LogP contribution in [0.25, 0.3) is 0 Å². The zero-order valence-corrected chi connectivity index (χ0v) is 16.2. The summed E-state index contributed by atoms with van der Waals surface area (Å²) in [7, 11) is -1.55. The van der Waals surface area contributed by atoms with Crippen LogP contribution in [-0.2, 0) is 16.4 Å². The second-order valence-electron chi connectivity index (χ2n) is 6.81. The molecule has 1 aliphatic heterocycles. The van der Waals surface area contributed by atoms with Crippen LogP contribution >= 0.6 is 0 Å². The van der Waals surface area contributed by atoms with Crippen LogP contribution in [0.3, 0.4) is 0 Å². The van der Waals surface area contributed by atoms with E-state index in [-0.39, 0.29) is 11.6 Å². The van der Waals surface area contributed by atoms with E-state index in [1.54, 1.807) is 27.0 Å². The number of hydrogen-bond donors (Lipinski definition) is 1. The normalized spacial score (nSPS) is 19.6. The molecule has 27 heavy (non-hydrogen) atoms. The molecule has 1 fully saturated rings. The van der Waals surface area contributed by atoms with Crippen molar-refractivity contribution in [3.8, 4) is 5.88 Å². The van der Waals surface area contributed by atoms with Crippen molar-refractivity contribution >= 4 is 15.8 Å². The predicted octanol–water partition coefficient (Wildman–Crippen LogP) is 1.61. The number of rotatable bonds is 4. The fourth-order valence-corrected chi connectivity index (χ4v) is 3.96. The Labute approximate surface area is 156 Å². The molecular weight excluding hydrogens is 385 g/mol. The van der Waals surface area contributed by atoms with Crippen LogP contribution in [0.1, 0.15) is 19.4 Å². The first-order valence-corrected chi connectivity index (χ1v) is 9.91. The van der Waals surface area contributed by atoms with E-state index in [2.05, 4.69) is 20.0 Å². The maximum atomic E-state index is 12.1. The third-order valence-electron chi connectivity index (χ3n) is 4.19. The van der Waals surface area contributed by atoms with Gasteiger partial charge in [0, 0.05) is 38.9 Å². The summed E-state index contributed by atoms with van der Waals surface area (Å²) >= 11 is 0. The molecule has 152 valence electrons. The molecule has 1 saturated heterocycles. The van der Waals surface area contributed by atoms with Gasteiger partial charge in [-0.2, -0.15) is 13.2 Å². The maximum absolute atomic E-state index is 12.1. The summed E-state index contributed by atoms with van der Waals surface area (Å²) in [5.74, 6) is 0.492. The molecule has 11 heteroatoms. The quantitative estimate of drug-likeness (QED) is 0.602. The molecule has 0 bridgehead atoms. The summed E-state index contributed by atoms with van der Waals surface area (Å²) in [6.07, 6.45) is -3.00. The topological polar surface area (TPSA) is 83.9 Å². The summed E-state index contributed by atoms with van der Waals surface area (Å²) in [4.78, 5) is 9.90. The standard InChI is InChI=1S/C16H23F3N4O3S/c1-15(2)10-23(6-7-27(15,24)25)14(20-3)22-9-12-4-5-13(21-8-12)26-11-16(17,18)19/h4-5,8H,6-7,9-11H2,1-3H3,(H,20,22). The number of hydrogen-bond acceptors (Lipinski definition) is 5. The average Bonchev–Trinajstić information content (AvgIpc) is 2.57. The van der Waals surface area contributed by atoms with Gasteiger partial charge in [0.15, 0.2) is 22.4 Å². The molecular formula is C16H23F3N4O3S. The average molecular weight is 408 g/mol. The van der Waals surface area contributed by atoms with Crippen molar-refractivity contribution in [3.05, 3.63) is 23.9 Å². The highest BCUT2D eigenvalue weighted by atomic mass is 32.2. The zero-order chi connectivity index (χ0) is 20.3. The number of ether oxygens (including phenoxy) is 1. The van der Waals surface area contributed by atoms with Gasteiger partial charge in [-0.1, -0.05) is 6.07 Å². The molecule has 7 nitrogen and oxygen atoms in total. The largest absolute Gasteiger partial charge is 0.468 e. The third-order valence-corrected chi connectivity index (χ3v) is 6.72. The molecule has 0 spiro atoms. The van der Waals surface area contributed by atoms with Crippen LogP contribution in [0.5, 0.6) is 5.88 Å². The lowest BCUT2D eigenvalue weighted by molar-refractivity contribution is -0.154. The summed E-state index contributed by atoms with van der Waals surface area (Å²) < 4.78 is 64.3. The van der Waals surface area contributed by atoms with Gasteiger partial charge in [0.2, 0.25) is 5.88 Å². The minimum Gasteiger partial charge on any atom is -0.468 e. The Morgan fingerprint density at radius 3 is 2.63 bits per heavy atom. The lowest BCUT2D eigenvalue weighted by Crippen LogP contribution is -2.57. The molecule has 1 aliphatic rings. The van der Waals surface area contributed by atoms with Crippen molar-refractivity contribution in [2.75, 3.05) is 32.5 Å². The van der Waals surface area contributed by atoms with Gasteiger partial charge in [-0.25, -0.2) is 13.4 Å². The molecule has 0 atom stereocenters. The van der Waals surface area contributed by atoms with E-state index in [4.69, 9.17) is 0 Å². The fraction of sp³-hybridized carbons (Fsp3) is 0.625. The number of nitrogens with zero attached hydrogens (tertiary/aromatic N) is 3. The lowest BCUT2D eigenvalue weighted by Gasteiger charge is -2.39.